The summed E-state index contributed by atoms with van der Waals surface area (Å²) in [6, 6.07) is 0. The molecular weight excluding hydrogens is 372 g/mol. The zero-order chi connectivity index (χ0) is 19.2. The van der Waals surface area contributed by atoms with E-state index in [2.05, 4.69) is 82.2 Å². The average Bonchev–Trinajstić information content (AvgIpc) is 3.38. The maximum Gasteiger partial charge on any atom is 0.269 e. The molecule has 144 valence electrons. The lowest BCUT2D eigenvalue weighted by Gasteiger charge is -2.22. The van der Waals surface area contributed by atoms with Crippen molar-refractivity contribution < 1.29 is 0 Å². The van der Waals surface area contributed by atoms with Crippen molar-refractivity contribution in [2.24, 2.45) is 15.5 Å². The van der Waals surface area contributed by atoms with E-state index < -0.39 is 0 Å². The predicted octanol–water partition coefficient (Wildman–Crippen LogP) is -0.444. The summed E-state index contributed by atoms with van der Waals surface area (Å²) in [6.07, 6.45) is 0. The fourth-order valence-electron chi connectivity index (χ4n) is 2.09. The average molecular weight is 386 g/mol. The van der Waals surface area contributed by atoms with Gasteiger partial charge in [0, 0.05) is 13.1 Å². The molecule has 0 radical (unpaired) electrons. The van der Waals surface area contributed by atoms with Crippen molar-refractivity contribution in [2.75, 3.05) is 36.8 Å². The van der Waals surface area contributed by atoms with Crippen LogP contribution in [-0.2, 0) is 0 Å². The molecule has 4 heterocycles. The van der Waals surface area contributed by atoms with Gasteiger partial charge in [0.2, 0.25) is 0 Å². The second-order valence-electron chi connectivity index (χ2n) is 5.27. The van der Waals surface area contributed by atoms with Crippen molar-refractivity contribution in [3.8, 4) is 0 Å². The zero-order valence-electron chi connectivity index (χ0n) is 14.2. The van der Waals surface area contributed by atoms with Gasteiger partial charge in [0.1, 0.15) is 0 Å². The molecule has 0 unspecified atom stereocenters. The first-order valence-corrected chi connectivity index (χ1v) is 7.99. The first kappa shape index (κ1) is 17.2. The quantitative estimate of drug-likeness (QED) is 0.283. The standard InChI is InChI=1S/C10H14N18/c11-17-7-13-5(18-20-7)14-8-21-23-9(24-22-8)15-6-16-10(25-19-6)26-27-28-3-1-12-2-4-28/h11-12H,1-4H2,(H2,13,14,18,20,21,22)(H2,15,16,19,23,24,25). The van der Waals surface area contributed by atoms with E-state index in [0.717, 1.165) is 26.2 Å². The third kappa shape index (κ3) is 4.30. The lowest BCUT2D eigenvalue weighted by molar-refractivity contribution is 0.236. The van der Waals surface area contributed by atoms with Crippen LogP contribution in [0.5, 0.6) is 0 Å². The Labute approximate surface area is 155 Å². The van der Waals surface area contributed by atoms with E-state index in [4.69, 9.17) is 5.53 Å². The summed E-state index contributed by atoms with van der Waals surface area (Å²) in [6.45, 7) is 3.28. The summed E-state index contributed by atoms with van der Waals surface area (Å²) in [4.78, 5) is 7.94. The summed E-state index contributed by atoms with van der Waals surface area (Å²) in [5.41, 5.74) is 6.82. The van der Waals surface area contributed by atoms with E-state index in [1.165, 1.54) is 0 Å². The van der Waals surface area contributed by atoms with Gasteiger partial charge in [0.05, 0.1) is 13.1 Å². The number of aromatic nitrogens is 10. The molecule has 0 atom stereocenters. The molecule has 0 bridgehead atoms. The predicted molar refractivity (Wildman–Crippen MR) is 90.7 cm³/mol. The first-order valence-electron chi connectivity index (χ1n) is 7.99. The molecule has 4 rings (SSSR count). The van der Waals surface area contributed by atoms with Crippen LogP contribution in [0.2, 0.25) is 0 Å². The Morgan fingerprint density at radius 2 is 1.39 bits per heavy atom. The van der Waals surface area contributed by atoms with Crippen LogP contribution in [0.15, 0.2) is 15.5 Å². The third-order valence-corrected chi connectivity index (χ3v) is 3.34. The summed E-state index contributed by atoms with van der Waals surface area (Å²) in [7, 11) is 0. The fraction of sp³-hybridized carbons (Fsp3) is 0.400. The van der Waals surface area contributed by atoms with Crippen LogP contribution in [0, 0.1) is 5.53 Å². The molecule has 0 amide bonds. The highest BCUT2D eigenvalue weighted by atomic mass is 15.6. The van der Waals surface area contributed by atoms with Crippen molar-refractivity contribution in [3.63, 3.8) is 0 Å². The molecule has 3 aromatic rings. The van der Waals surface area contributed by atoms with E-state index in [1.54, 1.807) is 0 Å². The van der Waals surface area contributed by atoms with Gasteiger partial charge in [0.15, 0.2) is 0 Å². The summed E-state index contributed by atoms with van der Waals surface area (Å²) >= 11 is 0. The Balaban J connectivity index is 1.33. The summed E-state index contributed by atoms with van der Waals surface area (Å²) in [5.74, 6) is 0.725. The molecule has 18 nitrogen and oxygen atoms in total. The number of hydrogen-bond donors (Lipinski definition) is 6. The van der Waals surface area contributed by atoms with Crippen LogP contribution in [0.1, 0.15) is 0 Å². The molecule has 0 spiro atoms. The molecule has 0 aliphatic carbocycles. The smallest absolute Gasteiger partial charge is 0.269 e. The van der Waals surface area contributed by atoms with Gasteiger partial charge in [-0.1, -0.05) is 10.3 Å². The number of nitrogens with zero attached hydrogens (tertiary/aromatic N) is 12. The monoisotopic (exact) mass is 386 g/mol. The summed E-state index contributed by atoms with van der Waals surface area (Å²) in [5, 5.41) is 49.7. The number of hydrogen-bond acceptors (Lipinski definition) is 15. The topological polar surface area (TPSA) is 235 Å². The van der Waals surface area contributed by atoms with Crippen molar-refractivity contribution in [2.45, 2.75) is 0 Å². The van der Waals surface area contributed by atoms with Gasteiger partial charge < -0.3 is 5.32 Å². The minimum atomic E-state index is 0.0382. The normalized spacial score (nSPS) is 14.4. The number of piperazine rings is 1. The van der Waals surface area contributed by atoms with E-state index in [0.29, 0.717) is 0 Å². The fourth-order valence-corrected chi connectivity index (χ4v) is 2.09. The second-order valence-corrected chi connectivity index (χ2v) is 5.27. The zero-order valence-corrected chi connectivity index (χ0v) is 14.2. The molecule has 28 heavy (non-hydrogen) atoms. The number of aromatic amines is 2. The Morgan fingerprint density at radius 3 is 1.96 bits per heavy atom. The molecule has 1 aliphatic rings. The van der Waals surface area contributed by atoms with Crippen LogP contribution in [0.3, 0.4) is 0 Å². The molecule has 0 saturated carbocycles. The summed E-state index contributed by atoms with van der Waals surface area (Å²) < 4.78 is 0. The minimum absolute atomic E-state index is 0.0382. The minimum Gasteiger partial charge on any atom is -0.313 e. The number of H-pyrrole nitrogens is 2. The molecule has 1 fully saturated rings. The largest absolute Gasteiger partial charge is 0.313 e. The molecule has 18 heteroatoms. The highest BCUT2D eigenvalue weighted by Crippen LogP contribution is 2.13. The lowest BCUT2D eigenvalue weighted by Crippen LogP contribution is -2.40. The van der Waals surface area contributed by atoms with Crippen LogP contribution in [-0.4, -0.2) is 81.9 Å². The van der Waals surface area contributed by atoms with Crippen molar-refractivity contribution in [1.29, 1.82) is 5.53 Å². The molecular formula is C10H14N18. The van der Waals surface area contributed by atoms with Gasteiger partial charge >= 0.3 is 0 Å². The van der Waals surface area contributed by atoms with Crippen LogP contribution < -0.4 is 16.0 Å². The van der Waals surface area contributed by atoms with Crippen molar-refractivity contribution >= 4 is 35.7 Å². The van der Waals surface area contributed by atoms with Crippen LogP contribution in [0.4, 0.5) is 35.7 Å². The Kier molecular flexibility index (Phi) is 4.91. The van der Waals surface area contributed by atoms with Gasteiger partial charge in [-0.3, -0.25) is 15.6 Å². The van der Waals surface area contributed by atoms with Crippen LogP contribution >= 0.6 is 0 Å². The third-order valence-electron chi connectivity index (χ3n) is 3.34. The molecule has 0 aromatic carbocycles. The van der Waals surface area contributed by atoms with Crippen molar-refractivity contribution in [1.82, 2.24) is 61.1 Å². The SMILES string of the molecule is N=Nc1nc(Nc2nnc(Nc3n[nH]c(N=NN4CCNCC4)n3)nn2)n[nH]1. The Bertz CT molecular complexity index is 933. The van der Waals surface area contributed by atoms with Crippen LogP contribution in [0.25, 0.3) is 0 Å². The number of nitrogens with one attached hydrogen (secondary N) is 6. The van der Waals surface area contributed by atoms with E-state index >= 15 is 0 Å². The molecule has 1 aliphatic heterocycles. The van der Waals surface area contributed by atoms with Gasteiger partial charge in [-0.05, 0) is 0 Å². The molecule has 6 N–H and O–H groups in total. The highest BCUT2D eigenvalue weighted by Gasteiger charge is 2.10. The highest BCUT2D eigenvalue weighted by molar-refractivity contribution is 5.45. The van der Waals surface area contributed by atoms with E-state index in [9.17, 15) is 0 Å². The molecule has 1 saturated heterocycles. The van der Waals surface area contributed by atoms with Gasteiger partial charge in [-0.15, -0.1) is 35.7 Å². The van der Waals surface area contributed by atoms with Crippen molar-refractivity contribution in [3.05, 3.63) is 0 Å². The number of anilines is 4. The first-order chi connectivity index (χ1) is 13.8. The molecule has 3 aromatic heterocycles. The second kappa shape index (κ2) is 7.99. The van der Waals surface area contributed by atoms with Gasteiger partial charge in [-0.25, -0.2) is 15.7 Å². The maximum absolute atomic E-state index is 6.82. The van der Waals surface area contributed by atoms with Gasteiger partial charge in [0.25, 0.3) is 35.7 Å². The lowest BCUT2D eigenvalue weighted by atomic mass is 10.4. The van der Waals surface area contributed by atoms with Gasteiger partial charge in [-0.2, -0.15) is 9.97 Å². The van der Waals surface area contributed by atoms with E-state index in [1.807, 2.05) is 5.01 Å². The maximum atomic E-state index is 6.82. The number of rotatable bonds is 7. The Hall–Kier alpha value is -4.22. The Morgan fingerprint density at radius 1 is 0.821 bits per heavy atom. The van der Waals surface area contributed by atoms with E-state index in [-0.39, 0.29) is 35.7 Å².